The zero-order valence-electron chi connectivity index (χ0n) is 15.8. The Kier molecular flexibility index (Phi) is 7.24. The van der Waals surface area contributed by atoms with Gasteiger partial charge in [-0.15, -0.1) is 22.0 Å². The molecule has 6 nitrogen and oxygen atoms in total. The van der Waals surface area contributed by atoms with Crippen molar-refractivity contribution < 1.29 is 9.59 Å². The second kappa shape index (κ2) is 9.87. The van der Waals surface area contributed by atoms with Gasteiger partial charge in [-0.1, -0.05) is 35.1 Å². The lowest BCUT2D eigenvalue weighted by atomic mass is 10.1. The minimum absolute atomic E-state index is 0.104. The summed E-state index contributed by atoms with van der Waals surface area (Å²) in [4.78, 5) is 25.4. The number of rotatable bonds is 7. The van der Waals surface area contributed by atoms with Crippen molar-refractivity contribution in [2.75, 3.05) is 10.6 Å². The number of aromatic nitrogens is 2. The van der Waals surface area contributed by atoms with Gasteiger partial charge in [-0.25, -0.2) is 0 Å². The summed E-state index contributed by atoms with van der Waals surface area (Å²) in [6.07, 6.45) is 0.274. The minimum Gasteiger partial charge on any atom is -0.326 e. The Balaban J connectivity index is 1.50. The van der Waals surface area contributed by atoms with E-state index in [2.05, 4.69) is 20.8 Å². The molecule has 29 heavy (non-hydrogen) atoms. The molecule has 0 fully saturated rings. The number of aryl methyl sites for hydroxylation is 1. The smallest absolute Gasteiger partial charge is 0.239 e. The van der Waals surface area contributed by atoms with E-state index in [-0.39, 0.29) is 23.5 Å². The van der Waals surface area contributed by atoms with Crippen LogP contribution >= 0.6 is 34.7 Å². The predicted molar refractivity (Wildman–Crippen MR) is 119 cm³/mol. The lowest BCUT2D eigenvalue weighted by Crippen LogP contribution is -2.22. The summed E-state index contributed by atoms with van der Waals surface area (Å²) in [5.41, 5.74) is 1.60. The molecular weight excluding hydrogens is 428 g/mol. The number of nitrogens with zero attached hydrogens (tertiary/aromatic N) is 2. The number of anilines is 2. The number of halogens is 1. The molecule has 1 atom stereocenters. The highest BCUT2D eigenvalue weighted by Gasteiger charge is 2.16. The first-order valence-corrected chi connectivity index (χ1v) is 10.9. The van der Waals surface area contributed by atoms with Gasteiger partial charge >= 0.3 is 0 Å². The summed E-state index contributed by atoms with van der Waals surface area (Å²) in [6.45, 7) is 3.66. The molecule has 1 heterocycles. The van der Waals surface area contributed by atoms with Gasteiger partial charge in [0.2, 0.25) is 16.9 Å². The van der Waals surface area contributed by atoms with Crippen LogP contribution in [0.25, 0.3) is 0 Å². The van der Waals surface area contributed by atoms with Gasteiger partial charge in [-0.05, 0) is 55.8 Å². The van der Waals surface area contributed by atoms with Crippen molar-refractivity contribution in [3.05, 3.63) is 64.1 Å². The fourth-order valence-corrected chi connectivity index (χ4v) is 4.01. The molecular formula is C20H19ClN4O2S2. The van der Waals surface area contributed by atoms with Crippen LogP contribution in [0.1, 0.15) is 17.5 Å². The van der Waals surface area contributed by atoms with Crippen LogP contribution in [0.3, 0.4) is 0 Å². The molecule has 0 aliphatic carbocycles. The standard InChI is InChI=1S/C20H19ClN4O2S2/c1-12(19(27)23-20-25-24-13(2)29-20)28-17-9-7-16(8-10-17)22-18(26)11-14-3-5-15(21)6-4-14/h3-10,12H,11H2,1-2H3,(H,22,26)(H,23,25,27). The molecule has 2 N–H and O–H groups in total. The minimum atomic E-state index is -0.301. The molecule has 3 aromatic rings. The first kappa shape index (κ1) is 21.3. The first-order valence-electron chi connectivity index (χ1n) is 8.81. The van der Waals surface area contributed by atoms with Crippen molar-refractivity contribution in [2.24, 2.45) is 0 Å². The van der Waals surface area contributed by atoms with E-state index in [9.17, 15) is 9.59 Å². The van der Waals surface area contributed by atoms with Gasteiger partial charge in [0, 0.05) is 15.6 Å². The third-order valence-corrected chi connectivity index (χ3v) is 5.97. The number of thioether (sulfide) groups is 1. The Labute approximate surface area is 182 Å². The number of carbonyl (C=O) groups excluding carboxylic acids is 2. The molecule has 1 unspecified atom stereocenters. The summed E-state index contributed by atoms with van der Waals surface area (Å²) in [5.74, 6) is -0.237. The molecule has 0 spiro atoms. The maximum absolute atomic E-state index is 12.3. The van der Waals surface area contributed by atoms with Crippen LogP contribution in [0, 0.1) is 6.92 Å². The van der Waals surface area contributed by atoms with Crippen LogP contribution in [-0.4, -0.2) is 27.3 Å². The van der Waals surface area contributed by atoms with Crippen LogP contribution in [0.2, 0.25) is 5.02 Å². The second-order valence-corrected chi connectivity index (χ2v) is 9.28. The van der Waals surface area contributed by atoms with Crippen molar-refractivity contribution in [3.63, 3.8) is 0 Å². The topological polar surface area (TPSA) is 84.0 Å². The zero-order chi connectivity index (χ0) is 20.8. The summed E-state index contributed by atoms with van der Waals surface area (Å²) in [5, 5.41) is 15.1. The van der Waals surface area contributed by atoms with Gasteiger partial charge in [-0.2, -0.15) is 0 Å². The van der Waals surface area contributed by atoms with Crippen molar-refractivity contribution >= 4 is 57.3 Å². The van der Waals surface area contributed by atoms with Gasteiger partial charge in [0.1, 0.15) is 5.01 Å². The summed E-state index contributed by atoms with van der Waals surface area (Å²) < 4.78 is 0. The molecule has 2 amide bonds. The molecule has 1 aromatic heterocycles. The molecule has 0 radical (unpaired) electrons. The van der Waals surface area contributed by atoms with E-state index >= 15 is 0 Å². The molecule has 150 valence electrons. The molecule has 0 bridgehead atoms. The average Bonchev–Trinajstić information content (AvgIpc) is 3.09. The molecule has 2 aromatic carbocycles. The van der Waals surface area contributed by atoms with Crippen LogP contribution in [-0.2, 0) is 16.0 Å². The normalized spacial score (nSPS) is 11.7. The highest BCUT2D eigenvalue weighted by Crippen LogP contribution is 2.26. The molecule has 3 rings (SSSR count). The molecule has 0 saturated carbocycles. The third kappa shape index (κ3) is 6.56. The quantitative estimate of drug-likeness (QED) is 0.509. The van der Waals surface area contributed by atoms with E-state index in [1.54, 1.807) is 12.1 Å². The third-order valence-electron chi connectivity index (χ3n) is 3.85. The Morgan fingerprint density at radius 3 is 2.38 bits per heavy atom. The van der Waals surface area contributed by atoms with Crippen LogP contribution in [0.4, 0.5) is 10.8 Å². The van der Waals surface area contributed by atoms with E-state index < -0.39 is 0 Å². The Morgan fingerprint density at radius 1 is 1.07 bits per heavy atom. The predicted octanol–water partition coefficient (Wildman–Crippen LogP) is 4.80. The lowest BCUT2D eigenvalue weighted by molar-refractivity contribution is -0.116. The zero-order valence-corrected chi connectivity index (χ0v) is 18.2. The summed E-state index contributed by atoms with van der Waals surface area (Å²) in [7, 11) is 0. The van der Waals surface area contributed by atoms with E-state index in [0.717, 1.165) is 15.5 Å². The maximum Gasteiger partial charge on any atom is 0.239 e. The van der Waals surface area contributed by atoms with Crippen LogP contribution in [0.15, 0.2) is 53.4 Å². The first-order chi connectivity index (χ1) is 13.9. The maximum atomic E-state index is 12.3. The summed E-state index contributed by atoms with van der Waals surface area (Å²) >= 11 is 8.62. The van der Waals surface area contributed by atoms with Crippen molar-refractivity contribution in [3.8, 4) is 0 Å². The number of benzene rings is 2. The highest BCUT2D eigenvalue weighted by atomic mass is 35.5. The number of nitrogens with one attached hydrogen (secondary N) is 2. The van der Waals surface area contributed by atoms with Gasteiger partial charge < -0.3 is 5.32 Å². The van der Waals surface area contributed by atoms with E-state index in [0.29, 0.717) is 15.8 Å². The highest BCUT2D eigenvalue weighted by molar-refractivity contribution is 8.00. The van der Waals surface area contributed by atoms with E-state index in [1.807, 2.05) is 50.2 Å². The Morgan fingerprint density at radius 2 is 1.76 bits per heavy atom. The molecule has 0 saturated heterocycles. The van der Waals surface area contributed by atoms with Gasteiger partial charge in [0.05, 0.1) is 11.7 Å². The van der Waals surface area contributed by atoms with E-state index in [1.165, 1.54) is 23.1 Å². The average molecular weight is 447 g/mol. The number of carbonyl (C=O) groups is 2. The van der Waals surface area contributed by atoms with Crippen molar-refractivity contribution in [1.29, 1.82) is 0 Å². The fourth-order valence-electron chi connectivity index (χ4n) is 2.42. The van der Waals surface area contributed by atoms with Gasteiger partial charge in [-0.3, -0.25) is 14.9 Å². The lowest BCUT2D eigenvalue weighted by Gasteiger charge is -2.11. The Hall–Kier alpha value is -2.42. The monoisotopic (exact) mass is 446 g/mol. The van der Waals surface area contributed by atoms with Gasteiger partial charge in [0.25, 0.3) is 0 Å². The summed E-state index contributed by atoms with van der Waals surface area (Å²) in [6, 6.07) is 14.6. The number of amides is 2. The largest absolute Gasteiger partial charge is 0.326 e. The van der Waals surface area contributed by atoms with Crippen molar-refractivity contribution in [1.82, 2.24) is 10.2 Å². The number of hydrogen-bond acceptors (Lipinski definition) is 6. The molecule has 9 heteroatoms. The SMILES string of the molecule is Cc1nnc(NC(=O)C(C)Sc2ccc(NC(=O)Cc3ccc(Cl)cc3)cc2)s1. The van der Waals surface area contributed by atoms with E-state index in [4.69, 9.17) is 11.6 Å². The van der Waals surface area contributed by atoms with Crippen molar-refractivity contribution in [2.45, 2.75) is 30.4 Å². The fraction of sp³-hybridized carbons (Fsp3) is 0.200. The molecule has 0 aliphatic heterocycles. The Bertz CT molecular complexity index is 990. The van der Waals surface area contributed by atoms with Crippen LogP contribution < -0.4 is 10.6 Å². The van der Waals surface area contributed by atoms with Gasteiger partial charge in [0.15, 0.2) is 0 Å². The molecule has 0 aliphatic rings. The van der Waals surface area contributed by atoms with Crippen LogP contribution in [0.5, 0.6) is 0 Å². The second-order valence-electron chi connectivity index (χ2n) is 6.25. The number of hydrogen-bond donors (Lipinski definition) is 2.